The number of rotatable bonds is 6. The fourth-order valence-corrected chi connectivity index (χ4v) is 2.97. The molecule has 0 radical (unpaired) electrons. The Morgan fingerprint density at radius 1 is 1.00 bits per heavy atom. The Balaban J connectivity index is 1.74. The van der Waals surface area contributed by atoms with Crippen LogP contribution < -0.4 is 15.4 Å². The van der Waals surface area contributed by atoms with Crippen LogP contribution in [-0.4, -0.2) is 18.4 Å². The third kappa shape index (κ3) is 3.57. The molecule has 136 valence electrons. The second kappa shape index (κ2) is 7.20. The van der Waals surface area contributed by atoms with E-state index in [2.05, 4.69) is 10.6 Å². The zero-order valence-electron chi connectivity index (χ0n) is 15.4. The molecule has 2 aromatic carbocycles. The van der Waals surface area contributed by atoms with Gasteiger partial charge < -0.3 is 15.4 Å². The fourth-order valence-electron chi connectivity index (χ4n) is 2.97. The van der Waals surface area contributed by atoms with Gasteiger partial charge in [0, 0.05) is 5.69 Å². The van der Waals surface area contributed by atoms with Gasteiger partial charge >= 0.3 is 0 Å². The van der Waals surface area contributed by atoms with Gasteiger partial charge in [0.15, 0.2) is 0 Å². The number of aryl methyl sites for hydroxylation is 2. The van der Waals surface area contributed by atoms with Crippen molar-refractivity contribution in [3.05, 3.63) is 53.6 Å². The summed E-state index contributed by atoms with van der Waals surface area (Å²) in [5, 5.41) is 5.78. The maximum absolute atomic E-state index is 12.8. The highest BCUT2D eigenvalue weighted by Gasteiger charge is 2.56. The summed E-state index contributed by atoms with van der Waals surface area (Å²) in [5.41, 5.74) is 2.44. The van der Waals surface area contributed by atoms with Crippen LogP contribution in [0.1, 0.15) is 30.9 Å². The summed E-state index contributed by atoms with van der Waals surface area (Å²) >= 11 is 0. The maximum atomic E-state index is 12.8. The molecule has 3 rings (SSSR count). The summed E-state index contributed by atoms with van der Waals surface area (Å²) in [5.74, 6) is 0.0664. The third-order valence-corrected chi connectivity index (χ3v) is 4.68. The lowest BCUT2D eigenvalue weighted by atomic mass is 10.0. The minimum absolute atomic E-state index is 0.254. The minimum Gasteiger partial charge on any atom is -0.492 e. The smallest absolute Gasteiger partial charge is 0.240 e. The molecule has 2 N–H and O–H groups in total. The van der Waals surface area contributed by atoms with E-state index in [0.29, 0.717) is 30.9 Å². The van der Waals surface area contributed by atoms with Crippen LogP contribution in [0.4, 0.5) is 11.4 Å². The first-order valence-corrected chi connectivity index (χ1v) is 8.88. The van der Waals surface area contributed by atoms with Crippen LogP contribution in [0.5, 0.6) is 5.75 Å². The van der Waals surface area contributed by atoms with E-state index in [1.54, 1.807) is 12.1 Å². The summed E-state index contributed by atoms with van der Waals surface area (Å²) in [7, 11) is 0. The van der Waals surface area contributed by atoms with E-state index in [0.717, 1.165) is 16.8 Å². The third-order valence-electron chi connectivity index (χ3n) is 4.68. The SMILES string of the molecule is CCOc1ccccc1NC(=O)C1(C(=O)Nc2ccc(C)cc2C)CC1. The lowest BCUT2D eigenvalue weighted by molar-refractivity contribution is -0.131. The van der Waals surface area contributed by atoms with Crippen LogP contribution >= 0.6 is 0 Å². The zero-order chi connectivity index (χ0) is 18.7. The molecule has 2 amide bonds. The van der Waals surface area contributed by atoms with Crippen molar-refractivity contribution in [3.8, 4) is 5.75 Å². The highest BCUT2D eigenvalue weighted by Crippen LogP contribution is 2.48. The number of ether oxygens (including phenoxy) is 1. The van der Waals surface area contributed by atoms with Gasteiger partial charge in [-0.3, -0.25) is 9.59 Å². The van der Waals surface area contributed by atoms with E-state index in [1.807, 2.05) is 51.1 Å². The molecule has 0 saturated heterocycles. The molecule has 1 aliphatic rings. The van der Waals surface area contributed by atoms with Crippen LogP contribution in [0.25, 0.3) is 0 Å². The highest BCUT2D eigenvalue weighted by molar-refractivity contribution is 6.17. The molecule has 1 saturated carbocycles. The molecule has 1 fully saturated rings. The summed E-state index contributed by atoms with van der Waals surface area (Å²) in [6.07, 6.45) is 1.10. The lowest BCUT2D eigenvalue weighted by Gasteiger charge is -2.18. The Kier molecular flexibility index (Phi) is 4.98. The standard InChI is InChI=1S/C21H24N2O3/c1-4-26-18-8-6-5-7-17(18)23-20(25)21(11-12-21)19(24)22-16-10-9-14(2)13-15(16)3/h5-10,13H,4,11-12H2,1-3H3,(H,22,24)(H,23,25). The monoisotopic (exact) mass is 352 g/mol. The van der Waals surface area contributed by atoms with Gasteiger partial charge in [-0.15, -0.1) is 0 Å². The van der Waals surface area contributed by atoms with Crippen LogP contribution in [0.2, 0.25) is 0 Å². The van der Waals surface area contributed by atoms with Gasteiger partial charge in [0.05, 0.1) is 12.3 Å². The molecule has 0 atom stereocenters. The quantitative estimate of drug-likeness (QED) is 0.771. The number of carbonyl (C=O) groups excluding carboxylic acids is 2. The number of hydrogen-bond donors (Lipinski definition) is 2. The van der Waals surface area contributed by atoms with Gasteiger partial charge in [-0.1, -0.05) is 29.8 Å². The number of carbonyl (C=O) groups is 2. The van der Waals surface area contributed by atoms with E-state index in [4.69, 9.17) is 4.74 Å². The van der Waals surface area contributed by atoms with E-state index >= 15 is 0 Å². The molecule has 0 bridgehead atoms. The Labute approximate surface area is 153 Å². The second-order valence-corrected chi connectivity index (χ2v) is 6.74. The van der Waals surface area contributed by atoms with Crippen LogP contribution in [-0.2, 0) is 9.59 Å². The number of benzene rings is 2. The van der Waals surface area contributed by atoms with Crippen LogP contribution in [0, 0.1) is 19.3 Å². The molecule has 0 spiro atoms. The molecule has 0 aromatic heterocycles. The number of para-hydroxylation sites is 2. The van der Waals surface area contributed by atoms with Gasteiger partial charge in [0.25, 0.3) is 0 Å². The van der Waals surface area contributed by atoms with E-state index in [1.165, 1.54) is 0 Å². The predicted molar refractivity (Wildman–Crippen MR) is 102 cm³/mol. The zero-order valence-corrected chi connectivity index (χ0v) is 15.4. The van der Waals surface area contributed by atoms with Crippen molar-refractivity contribution in [2.24, 2.45) is 5.41 Å². The maximum Gasteiger partial charge on any atom is 0.240 e. The molecular formula is C21H24N2O3. The first kappa shape index (κ1) is 18.0. The van der Waals surface area contributed by atoms with Crippen LogP contribution in [0.3, 0.4) is 0 Å². The molecule has 26 heavy (non-hydrogen) atoms. The van der Waals surface area contributed by atoms with Gasteiger partial charge in [-0.2, -0.15) is 0 Å². The van der Waals surface area contributed by atoms with E-state index in [-0.39, 0.29) is 11.8 Å². The molecule has 0 unspecified atom stereocenters. The van der Waals surface area contributed by atoms with Gasteiger partial charge in [-0.05, 0) is 57.4 Å². The molecule has 2 aromatic rings. The second-order valence-electron chi connectivity index (χ2n) is 6.74. The number of nitrogens with one attached hydrogen (secondary N) is 2. The summed E-state index contributed by atoms with van der Waals surface area (Å²) in [6.45, 7) is 6.34. The Morgan fingerprint density at radius 2 is 1.65 bits per heavy atom. The average Bonchev–Trinajstić information content (AvgIpc) is 3.41. The average molecular weight is 352 g/mol. The van der Waals surface area contributed by atoms with E-state index < -0.39 is 5.41 Å². The first-order valence-electron chi connectivity index (χ1n) is 8.88. The number of hydrogen-bond acceptors (Lipinski definition) is 3. The number of anilines is 2. The molecular weight excluding hydrogens is 328 g/mol. The molecule has 5 heteroatoms. The van der Waals surface area contributed by atoms with Crippen molar-refractivity contribution in [3.63, 3.8) is 0 Å². The Bertz CT molecular complexity index is 841. The first-order chi connectivity index (χ1) is 12.5. The fraction of sp³-hybridized carbons (Fsp3) is 0.333. The van der Waals surface area contributed by atoms with Crippen molar-refractivity contribution in [2.45, 2.75) is 33.6 Å². The van der Waals surface area contributed by atoms with Crippen molar-refractivity contribution < 1.29 is 14.3 Å². The van der Waals surface area contributed by atoms with E-state index in [9.17, 15) is 9.59 Å². The molecule has 5 nitrogen and oxygen atoms in total. The topological polar surface area (TPSA) is 67.4 Å². The summed E-state index contributed by atoms with van der Waals surface area (Å²) < 4.78 is 5.54. The summed E-state index contributed by atoms with van der Waals surface area (Å²) in [6, 6.07) is 13.1. The summed E-state index contributed by atoms with van der Waals surface area (Å²) in [4.78, 5) is 25.6. The Hall–Kier alpha value is -2.82. The van der Waals surface area contributed by atoms with Gasteiger partial charge in [0.1, 0.15) is 11.2 Å². The Morgan fingerprint density at radius 3 is 2.27 bits per heavy atom. The minimum atomic E-state index is -1.00. The molecule has 1 aliphatic carbocycles. The normalized spacial score (nSPS) is 14.4. The number of amides is 2. The highest BCUT2D eigenvalue weighted by atomic mass is 16.5. The molecule has 0 heterocycles. The van der Waals surface area contributed by atoms with Crippen molar-refractivity contribution in [1.82, 2.24) is 0 Å². The van der Waals surface area contributed by atoms with Crippen molar-refractivity contribution in [2.75, 3.05) is 17.2 Å². The molecule has 0 aliphatic heterocycles. The lowest BCUT2D eigenvalue weighted by Crippen LogP contribution is -2.35. The van der Waals surface area contributed by atoms with Crippen LogP contribution in [0.15, 0.2) is 42.5 Å². The van der Waals surface area contributed by atoms with Crippen molar-refractivity contribution in [1.29, 1.82) is 0 Å². The van der Waals surface area contributed by atoms with Crippen molar-refractivity contribution >= 4 is 23.2 Å². The largest absolute Gasteiger partial charge is 0.492 e. The predicted octanol–water partition coefficient (Wildman–Crippen LogP) is 4.06. The van der Waals surface area contributed by atoms with Gasteiger partial charge in [-0.25, -0.2) is 0 Å². The van der Waals surface area contributed by atoms with Gasteiger partial charge in [0.2, 0.25) is 11.8 Å².